The molecule has 0 saturated carbocycles. The van der Waals surface area contributed by atoms with Gasteiger partial charge in [0.05, 0.1) is 0 Å². The fraction of sp³-hybridized carbons (Fsp3) is 0.833. The molecule has 0 heterocycles. The minimum Gasteiger partial charge on any atom is -0.481 e. The first kappa shape index (κ1) is 23.7. The third-order valence-electron chi connectivity index (χ3n) is 3.65. The summed E-state index contributed by atoms with van der Waals surface area (Å²) in [7, 11) is 0. The third-order valence-corrected chi connectivity index (χ3v) is 3.65. The van der Waals surface area contributed by atoms with Crippen LogP contribution >= 0.6 is 0 Å². The Bertz CT molecular complexity index is 239. The summed E-state index contributed by atoms with van der Waals surface area (Å²) >= 11 is 0. The molecule has 0 atom stereocenters. The van der Waals surface area contributed by atoms with Gasteiger partial charge in [-0.05, 0) is 32.1 Å². The zero-order chi connectivity index (χ0) is 14.9. The quantitative estimate of drug-likeness (QED) is 0.241. The first-order chi connectivity index (χ1) is 9.77. The second kappa shape index (κ2) is 20.4. The van der Waals surface area contributed by atoms with E-state index in [1.165, 1.54) is 70.6 Å². The zero-order valence-electron chi connectivity index (χ0n) is 13.7. The number of hydrogen-bond acceptors (Lipinski definition) is 1. The molecule has 2 nitrogen and oxygen atoms in total. The molecule has 0 amide bonds. The van der Waals surface area contributed by atoms with E-state index in [1.807, 2.05) is 0 Å². The summed E-state index contributed by atoms with van der Waals surface area (Å²) < 4.78 is 0. The van der Waals surface area contributed by atoms with Crippen LogP contribution in [-0.2, 0) is 4.79 Å². The van der Waals surface area contributed by atoms with Crippen molar-refractivity contribution < 1.29 is 46.8 Å². The topological polar surface area (TPSA) is 37.3 Å². The summed E-state index contributed by atoms with van der Waals surface area (Å²) in [6.07, 6.45) is 21.2. The molecule has 0 aliphatic heterocycles. The minimum absolute atomic E-state index is 0. The van der Waals surface area contributed by atoms with E-state index in [0.29, 0.717) is 6.42 Å². The Morgan fingerprint density at radius 3 is 1.67 bits per heavy atom. The predicted octanol–water partition coefficient (Wildman–Crippen LogP) is 6.11. The summed E-state index contributed by atoms with van der Waals surface area (Å²) in [4.78, 5) is 10.3. The van der Waals surface area contributed by atoms with Crippen molar-refractivity contribution in [3.63, 3.8) is 0 Å². The smallest absolute Gasteiger partial charge is 0.303 e. The van der Waals surface area contributed by atoms with Gasteiger partial charge < -0.3 is 5.11 Å². The number of aliphatic carboxylic acids is 1. The zero-order valence-corrected chi connectivity index (χ0v) is 15.5. The Hall–Kier alpha value is 0.444. The molecule has 0 fully saturated rings. The molecule has 3 heteroatoms. The molecule has 0 bridgehead atoms. The fourth-order valence-corrected chi connectivity index (χ4v) is 2.35. The Morgan fingerprint density at radius 1 is 0.762 bits per heavy atom. The monoisotopic (exact) mass is 451 g/mol. The molecule has 0 aromatic rings. The van der Waals surface area contributed by atoms with Crippen molar-refractivity contribution in [1.82, 2.24) is 0 Å². The van der Waals surface area contributed by atoms with Gasteiger partial charge in [-0.15, -0.1) is 0 Å². The Labute approximate surface area is 161 Å². The average Bonchev–Trinajstić information content (AvgIpc) is 2.43. The van der Waals surface area contributed by atoms with Gasteiger partial charge in [0.15, 0.2) is 0 Å². The molecule has 21 heavy (non-hydrogen) atoms. The first-order valence-electron chi connectivity index (χ1n) is 8.64. The number of carboxylic acid groups (broad SMARTS) is 1. The van der Waals surface area contributed by atoms with E-state index in [-0.39, 0.29) is 36.9 Å². The summed E-state index contributed by atoms with van der Waals surface area (Å²) in [5, 5.41) is 8.51. The van der Waals surface area contributed by atoms with Gasteiger partial charge in [-0.3, -0.25) is 4.79 Å². The summed E-state index contributed by atoms with van der Waals surface area (Å²) in [6, 6.07) is 0. The van der Waals surface area contributed by atoms with E-state index in [4.69, 9.17) is 5.11 Å². The van der Waals surface area contributed by atoms with Crippen LogP contribution in [0.2, 0.25) is 0 Å². The van der Waals surface area contributed by atoms with Crippen LogP contribution in [0.25, 0.3) is 0 Å². The van der Waals surface area contributed by atoms with Gasteiger partial charge in [-0.1, -0.05) is 70.4 Å². The SMILES string of the molecule is CCCCCCCC/C=C\CCCCCCCC(=O)O.[Tm]. The van der Waals surface area contributed by atoms with Crippen LogP contribution in [0.3, 0.4) is 0 Å². The van der Waals surface area contributed by atoms with Gasteiger partial charge in [0.1, 0.15) is 0 Å². The predicted molar refractivity (Wildman–Crippen MR) is 87.1 cm³/mol. The van der Waals surface area contributed by atoms with E-state index in [0.717, 1.165) is 12.8 Å². The molecule has 1 radical (unpaired) electrons. The molecule has 0 unspecified atom stereocenters. The molecular weight excluding hydrogens is 417 g/mol. The van der Waals surface area contributed by atoms with Gasteiger partial charge in [-0.25, -0.2) is 0 Å². The fourth-order valence-electron chi connectivity index (χ4n) is 2.35. The Kier molecular flexibility index (Phi) is 23.1. The molecule has 1 N–H and O–H groups in total. The molecule has 131 valence electrons. The number of allylic oxidation sites excluding steroid dienone is 2. The van der Waals surface area contributed by atoms with Crippen LogP contribution in [0, 0.1) is 36.9 Å². The van der Waals surface area contributed by atoms with Crippen molar-refractivity contribution in [3.8, 4) is 0 Å². The maximum Gasteiger partial charge on any atom is 0.303 e. The number of rotatable bonds is 15. The molecule has 0 spiro atoms. The van der Waals surface area contributed by atoms with Crippen LogP contribution < -0.4 is 0 Å². The Balaban J connectivity index is 0. The van der Waals surface area contributed by atoms with Gasteiger partial charge in [0, 0.05) is 43.3 Å². The van der Waals surface area contributed by atoms with Crippen molar-refractivity contribution in [3.05, 3.63) is 12.2 Å². The van der Waals surface area contributed by atoms with Gasteiger partial charge in [0.25, 0.3) is 0 Å². The molecule has 0 aliphatic rings. The maximum absolute atomic E-state index is 10.3. The molecule has 0 aliphatic carbocycles. The molecular formula is C18H34O2Tm. The summed E-state index contributed by atoms with van der Waals surface area (Å²) in [5.41, 5.74) is 0. The van der Waals surface area contributed by atoms with Crippen molar-refractivity contribution in [2.24, 2.45) is 0 Å². The van der Waals surface area contributed by atoms with E-state index in [1.54, 1.807) is 0 Å². The summed E-state index contributed by atoms with van der Waals surface area (Å²) in [5.74, 6) is -0.664. The van der Waals surface area contributed by atoms with Gasteiger partial charge in [0.2, 0.25) is 0 Å². The van der Waals surface area contributed by atoms with E-state index >= 15 is 0 Å². The van der Waals surface area contributed by atoms with Crippen LogP contribution in [-0.4, -0.2) is 11.1 Å². The van der Waals surface area contributed by atoms with Crippen molar-refractivity contribution in [2.75, 3.05) is 0 Å². The molecule has 0 rings (SSSR count). The number of carbonyl (C=O) groups is 1. The van der Waals surface area contributed by atoms with Crippen molar-refractivity contribution >= 4 is 5.97 Å². The third kappa shape index (κ3) is 22.9. The van der Waals surface area contributed by atoms with E-state index < -0.39 is 5.97 Å². The molecule has 0 aromatic heterocycles. The largest absolute Gasteiger partial charge is 0.481 e. The standard InChI is InChI=1S/C18H34O2.Tm/c1-2-3-4-5-6-7-8-9-10-11-12-13-14-15-16-17-18(19)20;/h9-10H,2-8,11-17H2,1H3,(H,19,20);/b10-9-;. The maximum atomic E-state index is 10.3. The first-order valence-corrected chi connectivity index (χ1v) is 8.64. The van der Waals surface area contributed by atoms with Crippen LogP contribution in [0.4, 0.5) is 0 Å². The second-order valence-electron chi connectivity index (χ2n) is 5.73. The van der Waals surface area contributed by atoms with E-state index in [2.05, 4.69) is 19.1 Å². The van der Waals surface area contributed by atoms with Crippen LogP contribution in [0.5, 0.6) is 0 Å². The van der Waals surface area contributed by atoms with Crippen molar-refractivity contribution in [2.45, 2.75) is 96.8 Å². The average molecular weight is 451 g/mol. The minimum atomic E-state index is -0.664. The number of carboxylic acids is 1. The van der Waals surface area contributed by atoms with Crippen LogP contribution in [0.15, 0.2) is 12.2 Å². The second-order valence-corrected chi connectivity index (χ2v) is 5.73. The molecule has 0 saturated heterocycles. The van der Waals surface area contributed by atoms with E-state index in [9.17, 15) is 4.79 Å². The normalized spacial score (nSPS) is 10.7. The summed E-state index contributed by atoms with van der Waals surface area (Å²) in [6.45, 7) is 2.26. The Morgan fingerprint density at radius 2 is 1.19 bits per heavy atom. The number of unbranched alkanes of at least 4 members (excludes halogenated alkanes) is 11. The van der Waals surface area contributed by atoms with Crippen LogP contribution in [0.1, 0.15) is 96.8 Å². The van der Waals surface area contributed by atoms with Gasteiger partial charge in [-0.2, -0.15) is 0 Å². The van der Waals surface area contributed by atoms with Gasteiger partial charge >= 0.3 is 5.97 Å². The van der Waals surface area contributed by atoms with Crippen molar-refractivity contribution in [1.29, 1.82) is 0 Å². The number of hydrogen-bond donors (Lipinski definition) is 1. The molecule has 0 aromatic carbocycles.